The van der Waals surface area contributed by atoms with Crippen LogP contribution in [0.3, 0.4) is 0 Å². The van der Waals surface area contributed by atoms with E-state index in [2.05, 4.69) is 31.2 Å². The molecule has 3 heterocycles. The van der Waals surface area contributed by atoms with Gasteiger partial charge in [-0.1, -0.05) is 11.6 Å². The summed E-state index contributed by atoms with van der Waals surface area (Å²) in [5.41, 5.74) is -1.54. The fraction of sp³-hybridized carbons (Fsp3) is 0.571. The summed E-state index contributed by atoms with van der Waals surface area (Å²) in [6.07, 6.45) is 0.715. The molecule has 2 fully saturated rings. The van der Waals surface area contributed by atoms with Crippen molar-refractivity contribution in [3.8, 4) is 5.75 Å². The van der Waals surface area contributed by atoms with Crippen molar-refractivity contribution in [3.05, 3.63) is 30.9 Å². The molecule has 2 bridgehead atoms. The predicted molar refractivity (Wildman–Crippen MR) is 127 cm³/mol. The lowest BCUT2D eigenvalue weighted by atomic mass is 10.00. The first-order valence-electron chi connectivity index (χ1n) is 10.6. The van der Waals surface area contributed by atoms with E-state index in [4.69, 9.17) is 32.7 Å². The number of carbonyl (C=O) groups excluding carboxylic acids is 1. The molecule has 8 nitrogen and oxygen atoms in total. The molecule has 2 N–H and O–H groups in total. The lowest BCUT2D eigenvalue weighted by Gasteiger charge is -2.43. The summed E-state index contributed by atoms with van der Waals surface area (Å²) in [6, 6.07) is -0.411. The van der Waals surface area contributed by atoms with Gasteiger partial charge in [-0.25, -0.2) is 14.2 Å². The van der Waals surface area contributed by atoms with Crippen LogP contribution in [0, 0.1) is 5.82 Å². The number of ether oxygens (including phenoxy) is 2. The molecule has 0 aliphatic carbocycles. The Bertz CT molecular complexity index is 1170. The minimum Gasteiger partial charge on any atom is -0.486 e. The smallest absolute Gasteiger partial charge is 0.410 e. The maximum Gasteiger partial charge on any atom is 0.410 e. The fourth-order valence-electron chi connectivity index (χ4n) is 4.55. The number of aromatic nitrogens is 2. The lowest BCUT2D eigenvalue weighted by Crippen LogP contribution is -2.64. The summed E-state index contributed by atoms with van der Waals surface area (Å²) in [4.78, 5) is 33.5. The summed E-state index contributed by atoms with van der Waals surface area (Å²) in [6.45, 7) is 7.87. The summed E-state index contributed by atoms with van der Waals surface area (Å²) in [7, 11) is 0. The maximum absolute atomic E-state index is 14.8. The normalized spacial score (nSPS) is 23.6. The molecule has 33 heavy (non-hydrogen) atoms. The molecule has 2 aliphatic heterocycles. The number of nitrogens with one attached hydrogen (secondary N) is 2. The van der Waals surface area contributed by atoms with Crippen LogP contribution in [0.15, 0.2) is 9.27 Å². The number of fused-ring (bicyclic) bond motifs is 3. The number of aromatic amines is 1. The Kier molecular flexibility index (Phi) is 6.58. The third-order valence-corrected chi connectivity index (χ3v) is 7.39. The highest BCUT2D eigenvalue weighted by Gasteiger charge is 2.48. The van der Waals surface area contributed by atoms with Gasteiger partial charge >= 0.3 is 6.09 Å². The van der Waals surface area contributed by atoms with E-state index in [0.717, 1.165) is 12.8 Å². The molecule has 4 rings (SSSR count). The molecule has 1 amide bonds. The quantitative estimate of drug-likeness (QED) is 0.416. The molecule has 12 heteroatoms. The second-order valence-corrected chi connectivity index (χ2v) is 10.8. The van der Waals surface area contributed by atoms with Crippen molar-refractivity contribution in [1.82, 2.24) is 20.2 Å². The number of rotatable bonds is 3. The van der Waals surface area contributed by atoms with E-state index < -0.39 is 23.1 Å². The largest absolute Gasteiger partial charge is 0.486 e. The zero-order chi connectivity index (χ0) is 24.2. The Morgan fingerprint density at radius 3 is 2.70 bits per heavy atom. The number of H-pyrrole nitrogens is 1. The highest BCUT2D eigenvalue weighted by atomic mass is 79.9. The Balaban J connectivity index is 1.67. The van der Waals surface area contributed by atoms with Crippen LogP contribution in [-0.4, -0.2) is 57.3 Å². The SMILES string of the molecule is C[C@H](Oc1c(Cl)c(Br)c(F)c2nc(Cl)[nH]c(=O)c12)[C@H]1NC[C@H]2CC[C@@H]1N2C(=O)OC(C)(C)C. The number of halogens is 4. The van der Waals surface area contributed by atoms with Crippen molar-refractivity contribution in [2.24, 2.45) is 0 Å². The third kappa shape index (κ3) is 4.54. The summed E-state index contributed by atoms with van der Waals surface area (Å²) >= 11 is 15.3. The van der Waals surface area contributed by atoms with Crippen LogP contribution in [0.25, 0.3) is 10.9 Å². The van der Waals surface area contributed by atoms with Crippen molar-refractivity contribution in [3.63, 3.8) is 0 Å². The van der Waals surface area contributed by atoms with Gasteiger partial charge < -0.3 is 14.8 Å². The van der Waals surface area contributed by atoms with Crippen molar-refractivity contribution >= 4 is 56.1 Å². The molecule has 0 unspecified atom stereocenters. The Hall–Kier alpha value is -1.62. The van der Waals surface area contributed by atoms with Crippen LogP contribution in [0.2, 0.25) is 10.3 Å². The molecular formula is C21H24BrCl2FN4O4. The molecule has 1 aromatic heterocycles. The van der Waals surface area contributed by atoms with E-state index in [0.29, 0.717) is 6.54 Å². The first-order valence-corrected chi connectivity index (χ1v) is 12.1. The van der Waals surface area contributed by atoms with Gasteiger partial charge in [0.05, 0.1) is 16.6 Å². The van der Waals surface area contributed by atoms with Crippen molar-refractivity contribution < 1.29 is 18.7 Å². The van der Waals surface area contributed by atoms with Gasteiger partial charge in [0.1, 0.15) is 27.6 Å². The molecule has 0 saturated carbocycles. The topological polar surface area (TPSA) is 96.5 Å². The van der Waals surface area contributed by atoms with E-state index in [1.165, 1.54) is 0 Å². The lowest BCUT2D eigenvalue weighted by molar-refractivity contribution is -0.00463. The molecule has 2 aliphatic rings. The van der Waals surface area contributed by atoms with E-state index in [1.54, 1.807) is 11.8 Å². The number of piperazine rings is 1. The second kappa shape index (κ2) is 8.87. The maximum atomic E-state index is 14.8. The van der Waals surface area contributed by atoms with Crippen LogP contribution in [0.4, 0.5) is 9.18 Å². The van der Waals surface area contributed by atoms with Gasteiger partial charge in [0.15, 0.2) is 11.6 Å². The van der Waals surface area contributed by atoms with E-state index in [-0.39, 0.29) is 55.7 Å². The summed E-state index contributed by atoms with van der Waals surface area (Å²) in [5, 5.41) is 2.96. The average molecular weight is 566 g/mol. The van der Waals surface area contributed by atoms with Crippen LogP contribution in [0.5, 0.6) is 5.75 Å². The highest BCUT2D eigenvalue weighted by Crippen LogP contribution is 2.41. The summed E-state index contributed by atoms with van der Waals surface area (Å²) < 4.78 is 26.5. The molecule has 0 radical (unpaired) electrons. The van der Waals surface area contributed by atoms with Gasteiger partial charge in [0, 0.05) is 12.6 Å². The van der Waals surface area contributed by atoms with Gasteiger partial charge in [0.25, 0.3) is 5.56 Å². The van der Waals surface area contributed by atoms with Crippen molar-refractivity contribution in [2.45, 2.75) is 70.4 Å². The molecular weight excluding hydrogens is 542 g/mol. The molecule has 1 aromatic carbocycles. The molecule has 180 valence electrons. The van der Waals surface area contributed by atoms with Gasteiger partial charge in [0.2, 0.25) is 5.28 Å². The van der Waals surface area contributed by atoms with E-state index in [9.17, 15) is 14.0 Å². The fourth-order valence-corrected chi connectivity index (χ4v) is 5.31. The number of hydrogen-bond acceptors (Lipinski definition) is 6. The zero-order valence-corrected chi connectivity index (χ0v) is 21.6. The first-order chi connectivity index (χ1) is 15.4. The van der Waals surface area contributed by atoms with Crippen LogP contribution >= 0.6 is 39.1 Å². The first kappa shape index (κ1) is 24.5. The number of amides is 1. The number of benzene rings is 1. The standard InChI is InChI=1S/C21H24BrCl2FN4O4/c1-8(15-10-6-5-9(7-26-15)29(10)20(31)33-21(2,3)4)32-17-11-16(14(25)12(22)13(17)23)27-19(24)28-18(11)30/h8-10,15,26H,5-7H2,1-4H3,(H,27,28,30)/t8-,9+,10-,15+/m0/s1. The van der Waals surface area contributed by atoms with Gasteiger partial charge in [-0.15, -0.1) is 0 Å². The third-order valence-electron chi connectivity index (χ3n) is 5.87. The van der Waals surface area contributed by atoms with E-state index in [1.807, 2.05) is 20.8 Å². The molecule has 2 saturated heterocycles. The molecule has 4 atom stereocenters. The Morgan fingerprint density at radius 1 is 1.33 bits per heavy atom. The Morgan fingerprint density at radius 2 is 2.03 bits per heavy atom. The minimum absolute atomic E-state index is 0.0106. The van der Waals surface area contributed by atoms with Gasteiger partial charge in [-0.3, -0.25) is 14.7 Å². The van der Waals surface area contributed by atoms with Crippen molar-refractivity contribution in [2.75, 3.05) is 6.54 Å². The second-order valence-electron chi connectivity index (χ2n) is 9.29. The van der Waals surface area contributed by atoms with Crippen LogP contribution < -0.4 is 15.6 Å². The van der Waals surface area contributed by atoms with Gasteiger partial charge in [-0.05, 0) is 68.1 Å². The van der Waals surface area contributed by atoms with Crippen molar-refractivity contribution in [1.29, 1.82) is 0 Å². The molecule has 0 spiro atoms. The number of hydrogen-bond donors (Lipinski definition) is 2. The number of nitrogens with zero attached hydrogens (tertiary/aromatic N) is 2. The summed E-state index contributed by atoms with van der Waals surface area (Å²) in [5.74, 6) is -0.822. The average Bonchev–Trinajstić information content (AvgIpc) is 3.01. The van der Waals surface area contributed by atoms with E-state index >= 15 is 0 Å². The monoisotopic (exact) mass is 564 g/mol. The van der Waals surface area contributed by atoms with Gasteiger partial charge in [-0.2, -0.15) is 0 Å². The highest BCUT2D eigenvalue weighted by molar-refractivity contribution is 9.10. The minimum atomic E-state index is -0.812. The number of carbonyl (C=O) groups is 1. The predicted octanol–water partition coefficient (Wildman–Crippen LogP) is 4.64. The Labute approximate surface area is 208 Å². The molecule has 2 aromatic rings. The zero-order valence-electron chi connectivity index (χ0n) is 18.5. The van der Waals surface area contributed by atoms with Crippen LogP contribution in [-0.2, 0) is 4.74 Å². The van der Waals surface area contributed by atoms with Crippen LogP contribution in [0.1, 0.15) is 40.5 Å².